The zero-order valence-corrected chi connectivity index (χ0v) is 10.2. The summed E-state index contributed by atoms with van der Waals surface area (Å²) in [6.07, 6.45) is 0. The Bertz CT molecular complexity index is 292. The normalized spacial score (nSPS) is 26.4. The monoisotopic (exact) mass is 220 g/mol. The minimum atomic E-state index is -3.14. The van der Waals surface area contributed by atoms with E-state index in [-0.39, 0.29) is 6.04 Å². The Hall–Kier alpha value is -0.130. The summed E-state index contributed by atoms with van der Waals surface area (Å²) < 4.78 is 25.0. The molecular weight excluding hydrogens is 200 g/mol. The number of sulfonamides is 1. The summed E-state index contributed by atoms with van der Waals surface area (Å²) >= 11 is 0. The van der Waals surface area contributed by atoms with Crippen molar-refractivity contribution in [2.24, 2.45) is 0 Å². The summed E-state index contributed by atoms with van der Waals surface area (Å²) in [7, 11) is -3.14. The predicted octanol–water partition coefficient (Wildman–Crippen LogP) is 0.408. The van der Waals surface area contributed by atoms with E-state index in [0.29, 0.717) is 13.1 Å². The molecule has 1 rings (SSSR count). The van der Waals surface area contributed by atoms with Gasteiger partial charge in [0.2, 0.25) is 10.0 Å². The fourth-order valence-electron chi connectivity index (χ4n) is 1.50. The highest BCUT2D eigenvalue weighted by molar-refractivity contribution is 7.90. The minimum absolute atomic E-state index is 0.251. The molecule has 0 aliphatic carbocycles. The van der Waals surface area contributed by atoms with Crippen molar-refractivity contribution in [2.75, 3.05) is 19.6 Å². The van der Waals surface area contributed by atoms with E-state index in [0.717, 1.165) is 6.54 Å². The quantitative estimate of drug-likeness (QED) is 0.696. The standard InChI is InChI=1S/C9H20N2O2S/c1-8-7-11(6-5-10-8)14(12,13)9(2,3)4/h8,10H,5-7H2,1-4H3. The first-order valence-corrected chi connectivity index (χ1v) is 6.42. The second-order valence-electron chi connectivity index (χ2n) is 4.83. The summed E-state index contributed by atoms with van der Waals surface area (Å²) in [5.74, 6) is 0. The fourth-order valence-corrected chi connectivity index (χ4v) is 3.03. The summed E-state index contributed by atoms with van der Waals surface area (Å²) in [5.41, 5.74) is 0. The first-order chi connectivity index (χ1) is 6.25. The molecule has 0 aromatic heterocycles. The molecule has 0 amide bonds. The Balaban J connectivity index is 2.83. The van der Waals surface area contributed by atoms with Crippen LogP contribution in [0, 0.1) is 0 Å². The number of nitrogens with zero attached hydrogens (tertiary/aromatic N) is 1. The highest BCUT2D eigenvalue weighted by Gasteiger charge is 2.36. The lowest BCUT2D eigenvalue weighted by atomic mass is 10.3. The number of hydrogen-bond acceptors (Lipinski definition) is 3. The van der Waals surface area contributed by atoms with E-state index in [1.54, 1.807) is 25.1 Å². The van der Waals surface area contributed by atoms with Gasteiger partial charge in [-0.3, -0.25) is 0 Å². The smallest absolute Gasteiger partial charge is 0.219 e. The molecule has 0 aromatic rings. The van der Waals surface area contributed by atoms with E-state index in [1.165, 1.54) is 0 Å². The Labute approximate surface area is 86.7 Å². The van der Waals surface area contributed by atoms with Crippen LogP contribution in [0.1, 0.15) is 27.7 Å². The molecule has 0 saturated carbocycles. The average molecular weight is 220 g/mol. The maximum Gasteiger partial charge on any atom is 0.219 e. The van der Waals surface area contributed by atoms with Crippen molar-refractivity contribution in [1.82, 2.24) is 9.62 Å². The Kier molecular flexibility index (Phi) is 3.23. The van der Waals surface area contributed by atoms with E-state index in [2.05, 4.69) is 5.32 Å². The van der Waals surface area contributed by atoms with Gasteiger partial charge < -0.3 is 5.32 Å². The van der Waals surface area contributed by atoms with Crippen molar-refractivity contribution in [2.45, 2.75) is 38.5 Å². The van der Waals surface area contributed by atoms with Gasteiger partial charge in [0.1, 0.15) is 0 Å². The molecule has 1 atom stereocenters. The van der Waals surface area contributed by atoms with Crippen LogP contribution in [0.15, 0.2) is 0 Å². The number of piperazine rings is 1. The average Bonchev–Trinajstić information content (AvgIpc) is 2.02. The molecule has 1 N–H and O–H groups in total. The lowest BCUT2D eigenvalue weighted by Gasteiger charge is -2.35. The Morgan fingerprint density at radius 1 is 1.36 bits per heavy atom. The second-order valence-corrected chi connectivity index (χ2v) is 7.52. The van der Waals surface area contributed by atoms with Gasteiger partial charge in [-0.2, -0.15) is 4.31 Å². The van der Waals surface area contributed by atoms with Gasteiger partial charge >= 0.3 is 0 Å². The van der Waals surface area contributed by atoms with E-state index in [9.17, 15) is 8.42 Å². The van der Waals surface area contributed by atoms with Gasteiger partial charge in [0.15, 0.2) is 0 Å². The van der Waals surface area contributed by atoms with Gasteiger partial charge in [0.25, 0.3) is 0 Å². The first kappa shape index (κ1) is 11.9. The highest BCUT2D eigenvalue weighted by atomic mass is 32.2. The molecule has 0 aromatic carbocycles. The van der Waals surface area contributed by atoms with Crippen LogP contribution < -0.4 is 5.32 Å². The number of rotatable bonds is 1. The minimum Gasteiger partial charge on any atom is -0.312 e. The molecule has 0 spiro atoms. The van der Waals surface area contributed by atoms with Crippen LogP contribution in [-0.2, 0) is 10.0 Å². The summed E-state index contributed by atoms with van der Waals surface area (Å²) in [5, 5.41) is 3.23. The molecule has 1 aliphatic heterocycles. The second kappa shape index (κ2) is 3.79. The van der Waals surface area contributed by atoms with Crippen LogP contribution in [0.4, 0.5) is 0 Å². The largest absolute Gasteiger partial charge is 0.312 e. The van der Waals surface area contributed by atoms with Crippen molar-refractivity contribution in [3.8, 4) is 0 Å². The molecule has 1 aliphatic rings. The van der Waals surface area contributed by atoms with E-state index in [1.807, 2.05) is 6.92 Å². The van der Waals surface area contributed by atoms with Crippen LogP contribution in [0.5, 0.6) is 0 Å². The molecule has 0 radical (unpaired) electrons. The van der Waals surface area contributed by atoms with Crippen molar-refractivity contribution >= 4 is 10.0 Å². The van der Waals surface area contributed by atoms with Crippen LogP contribution >= 0.6 is 0 Å². The van der Waals surface area contributed by atoms with E-state index < -0.39 is 14.8 Å². The highest BCUT2D eigenvalue weighted by Crippen LogP contribution is 2.21. The lowest BCUT2D eigenvalue weighted by Crippen LogP contribution is -2.54. The summed E-state index contributed by atoms with van der Waals surface area (Å²) in [6, 6.07) is 0.251. The third-order valence-electron chi connectivity index (χ3n) is 2.45. The molecule has 1 unspecified atom stereocenters. The molecule has 1 fully saturated rings. The first-order valence-electron chi connectivity index (χ1n) is 4.98. The van der Waals surface area contributed by atoms with Crippen molar-refractivity contribution in [1.29, 1.82) is 0 Å². The van der Waals surface area contributed by atoms with E-state index >= 15 is 0 Å². The third-order valence-corrected chi connectivity index (χ3v) is 5.00. The molecule has 84 valence electrons. The number of hydrogen-bond donors (Lipinski definition) is 1. The molecule has 1 saturated heterocycles. The van der Waals surface area contributed by atoms with Gasteiger partial charge in [-0.05, 0) is 27.7 Å². The zero-order chi connectivity index (χ0) is 11.0. The van der Waals surface area contributed by atoms with E-state index in [4.69, 9.17) is 0 Å². The summed E-state index contributed by atoms with van der Waals surface area (Å²) in [4.78, 5) is 0. The fraction of sp³-hybridized carbons (Fsp3) is 1.00. The third kappa shape index (κ3) is 2.27. The predicted molar refractivity (Wildman–Crippen MR) is 57.7 cm³/mol. The topological polar surface area (TPSA) is 49.4 Å². The van der Waals surface area contributed by atoms with Gasteiger partial charge in [-0.25, -0.2) is 8.42 Å². The van der Waals surface area contributed by atoms with Crippen LogP contribution in [0.2, 0.25) is 0 Å². The molecular formula is C9H20N2O2S. The SMILES string of the molecule is CC1CN(S(=O)(=O)C(C)(C)C)CCN1. The molecule has 14 heavy (non-hydrogen) atoms. The molecule has 5 heteroatoms. The van der Waals surface area contributed by atoms with Crippen molar-refractivity contribution in [3.63, 3.8) is 0 Å². The maximum absolute atomic E-state index is 12.1. The number of nitrogens with one attached hydrogen (secondary N) is 1. The molecule has 4 nitrogen and oxygen atoms in total. The van der Waals surface area contributed by atoms with Gasteiger partial charge in [-0.1, -0.05) is 0 Å². The zero-order valence-electron chi connectivity index (χ0n) is 9.37. The van der Waals surface area contributed by atoms with Crippen molar-refractivity contribution in [3.05, 3.63) is 0 Å². The van der Waals surface area contributed by atoms with Gasteiger partial charge in [0.05, 0.1) is 4.75 Å². The van der Waals surface area contributed by atoms with Gasteiger partial charge in [-0.15, -0.1) is 0 Å². The maximum atomic E-state index is 12.1. The van der Waals surface area contributed by atoms with Crippen molar-refractivity contribution < 1.29 is 8.42 Å². The van der Waals surface area contributed by atoms with Crippen LogP contribution in [-0.4, -0.2) is 43.1 Å². The van der Waals surface area contributed by atoms with Crippen LogP contribution in [0.25, 0.3) is 0 Å². The van der Waals surface area contributed by atoms with Crippen LogP contribution in [0.3, 0.4) is 0 Å². The molecule has 0 bridgehead atoms. The Morgan fingerprint density at radius 3 is 2.36 bits per heavy atom. The Morgan fingerprint density at radius 2 is 1.93 bits per heavy atom. The van der Waals surface area contributed by atoms with Gasteiger partial charge in [0, 0.05) is 25.7 Å². The summed E-state index contributed by atoms with van der Waals surface area (Å²) in [6.45, 7) is 9.16. The molecule has 1 heterocycles. The lowest BCUT2D eigenvalue weighted by molar-refractivity contribution is 0.303.